The zero-order valence-electron chi connectivity index (χ0n) is 16.4. The lowest BCUT2D eigenvalue weighted by Gasteiger charge is -2.36. The van der Waals surface area contributed by atoms with Crippen LogP contribution in [0.2, 0.25) is 18.1 Å². The van der Waals surface area contributed by atoms with E-state index in [1.165, 1.54) is 48.7 Å². The van der Waals surface area contributed by atoms with Gasteiger partial charge in [-0.3, -0.25) is 0 Å². The number of hydrogen-bond acceptors (Lipinski definition) is 2. The number of ether oxygens (including phenoxy) is 1. The lowest BCUT2D eigenvalue weighted by molar-refractivity contribution is 0.320. The summed E-state index contributed by atoms with van der Waals surface area (Å²) >= 11 is 0. The maximum atomic E-state index is 6.79. The van der Waals surface area contributed by atoms with Crippen LogP contribution in [0, 0.1) is 5.92 Å². The van der Waals surface area contributed by atoms with E-state index in [4.69, 9.17) is 9.16 Å². The molecule has 1 aliphatic carbocycles. The van der Waals surface area contributed by atoms with Crippen LogP contribution >= 0.6 is 0 Å². The van der Waals surface area contributed by atoms with Crippen LogP contribution in [0.4, 0.5) is 0 Å². The van der Waals surface area contributed by atoms with E-state index in [1.807, 2.05) is 30.3 Å². The maximum Gasteiger partial charge on any atom is 0.250 e. The van der Waals surface area contributed by atoms with Crippen molar-refractivity contribution in [2.75, 3.05) is 6.61 Å². The zero-order valence-corrected chi connectivity index (χ0v) is 17.4. The van der Waals surface area contributed by atoms with Gasteiger partial charge in [0.05, 0.1) is 5.76 Å². The maximum absolute atomic E-state index is 6.79. The summed E-state index contributed by atoms with van der Waals surface area (Å²) in [7, 11) is -1.61. The Balaban J connectivity index is 2.02. The first kappa shape index (κ1) is 19.8. The van der Waals surface area contributed by atoms with E-state index in [2.05, 4.69) is 39.8 Å². The summed E-state index contributed by atoms with van der Waals surface area (Å²) in [4.78, 5) is 0. The minimum Gasteiger partial charge on any atom is -0.546 e. The van der Waals surface area contributed by atoms with E-state index in [9.17, 15) is 0 Å². The van der Waals surface area contributed by atoms with Crippen molar-refractivity contribution >= 4 is 8.32 Å². The van der Waals surface area contributed by atoms with E-state index >= 15 is 0 Å². The third kappa shape index (κ3) is 5.50. The molecule has 0 fully saturated rings. The molecule has 0 saturated carbocycles. The highest BCUT2D eigenvalue weighted by Crippen LogP contribution is 2.36. The molecule has 2 rings (SSSR count). The summed E-state index contributed by atoms with van der Waals surface area (Å²) in [6.45, 7) is 9.78. The van der Waals surface area contributed by atoms with Gasteiger partial charge in [-0.25, -0.2) is 0 Å². The Morgan fingerprint density at radius 2 is 1.76 bits per heavy atom. The van der Waals surface area contributed by atoms with E-state index in [1.54, 1.807) is 0 Å². The van der Waals surface area contributed by atoms with Crippen molar-refractivity contribution in [3.05, 3.63) is 53.8 Å². The molecule has 0 bridgehead atoms. The fourth-order valence-electron chi connectivity index (χ4n) is 3.58. The molecule has 0 radical (unpaired) electrons. The number of benzene rings is 1. The van der Waals surface area contributed by atoms with Crippen molar-refractivity contribution in [1.29, 1.82) is 0 Å². The van der Waals surface area contributed by atoms with Gasteiger partial charge >= 0.3 is 0 Å². The molecule has 0 saturated heterocycles. The van der Waals surface area contributed by atoms with E-state index in [0.29, 0.717) is 12.5 Å². The summed E-state index contributed by atoms with van der Waals surface area (Å²) < 4.78 is 12.6. The first-order chi connectivity index (χ1) is 12.1. The minimum absolute atomic E-state index is 0.421. The third-order valence-corrected chi connectivity index (χ3v) is 10.1. The highest BCUT2D eigenvalue weighted by atomic mass is 28.4. The summed E-state index contributed by atoms with van der Waals surface area (Å²) in [6, 6.07) is 13.6. The molecule has 0 aromatic heterocycles. The highest BCUT2D eigenvalue weighted by Gasteiger charge is 2.34. The molecule has 0 heterocycles. The molecule has 2 nitrogen and oxygen atoms in total. The average Bonchev–Trinajstić information content (AvgIpc) is 2.66. The van der Waals surface area contributed by atoms with E-state index < -0.39 is 8.32 Å². The topological polar surface area (TPSA) is 18.5 Å². The summed E-state index contributed by atoms with van der Waals surface area (Å²) in [5.41, 5.74) is 1.46. The van der Waals surface area contributed by atoms with Crippen molar-refractivity contribution < 1.29 is 9.16 Å². The molecule has 1 aromatic carbocycles. The Morgan fingerprint density at radius 1 is 1.08 bits per heavy atom. The minimum atomic E-state index is -1.61. The van der Waals surface area contributed by atoms with Gasteiger partial charge in [-0.05, 0) is 62.0 Å². The van der Waals surface area contributed by atoms with Gasteiger partial charge in [0.15, 0.2) is 0 Å². The summed E-state index contributed by atoms with van der Waals surface area (Å²) in [6.07, 6.45) is 8.10. The van der Waals surface area contributed by atoms with Crippen molar-refractivity contribution in [3.8, 4) is 5.75 Å². The molecule has 0 unspecified atom stereocenters. The number of para-hydroxylation sites is 1. The molecule has 1 atom stereocenters. The monoisotopic (exact) mass is 358 g/mol. The van der Waals surface area contributed by atoms with Gasteiger partial charge < -0.3 is 9.16 Å². The lowest BCUT2D eigenvalue weighted by Crippen LogP contribution is -2.37. The second kappa shape index (κ2) is 9.86. The molecule has 0 N–H and O–H groups in total. The molecule has 1 aliphatic rings. The van der Waals surface area contributed by atoms with Crippen molar-refractivity contribution in [2.45, 2.75) is 65.1 Å². The second-order valence-corrected chi connectivity index (χ2v) is 11.7. The Labute approximate surface area is 155 Å². The van der Waals surface area contributed by atoms with Gasteiger partial charge in [0, 0.05) is 5.92 Å². The number of hydrogen-bond donors (Lipinski definition) is 0. The smallest absolute Gasteiger partial charge is 0.250 e. The van der Waals surface area contributed by atoms with Crippen LogP contribution in [0.1, 0.15) is 47.0 Å². The Morgan fingerprint density at radius 3 is 2.40 bits per heavy atom. The molecule has 0 amide bonds. The first-order valence-corrected chi connectivity index (χ1v) is 12.4. The van der Waals surface area contributed by atoms with Crippen LogP contribution in [0.15, 0.2) is 53.8 Å². The van der Waals surface area contributed by atoms with Crippen LogP contribution in [0.5, 0.6) is 5.75 Å². The molecule has 3 heteroatoms. The van der Waals surface area contributed by atoms with Gasteiger partial charge in [-0.1, -0.05) is 51.1 Å². The molecule has 0 aliphatic heterocycles. The molecular weight excluding hydrogens is 324 g/mol. The number of allylic oxidation sites excluding steroid dienone is 2. The Bertz CT molecular complexity index is 565. The summed E-state index contributed by atoms with van der Waals surface area (Å²) in [5, 5.41) is 0. The molecule has 1 aromatic rings. The highest BCUT2D eigenvalue weighted by molar-refractivity contribution is 6.73. The quantitative estimate of drug-likeness (QED) is 0.360. The van der Waals surface area contributed by atoms with Crippen molar-refractivity contribution in [3.63, 3.8) is 0 Å². The van der Waals surface area contributed by atoms with Gasteiger partial charge in [-0.2, -0.15) is 0 Å². The Hall–Kier alpha value is -1.48. The van der Waals surface area contributed by atoms with E-state index in [-0.39, 0.29) is 0 Å². The lowest BCUT2D eigenvalue weighted by atomic mass is 9.89. The molecule has 0 spiro atoms. The van der Waals surface area contributed by atoms with Crippen LogP contribution in [-0.2, 0) is 4.43 Å². The standard InChI is InChI=1S/C22H34O2Si/c1-5-25(6-2,7-3)24-22-19(4)13-11-14-20(22)15-12-18-23-21-16-9-8-10-17-21/h8-10,12,15-17,20H,5-7,11,13-14,18H2,1-4H3/b15-12+/t20-/m1/s1. The van der Waals surface area contributed by atoms with Crippen LogP contribution in [-0.4, -0.2) is 14.9 Å². The normalized spacial score (nSPS) is 18.6. The average molecular weight is 359 g/mol. The third-order valence-electron chi connectivity index (χ3n) is 5.54. The van der Waals surface area contributed by atoms with Gasteiger partial charge in [0.2, 0.25) is 8.32 Å². The fourth-order valence-corrected chi connectivity index (χ4v) is 6.31. The van der Waals surface area contributed by atoms with Gasteiger partial charge in [0.1, 0.15) is 12.4 Å². The Kier molecular flexibility index (Phi) is 7.82. The molecule has 25 heavy (non-hydrogen) atoms. The van der Waals surface area contributed by atoms with Crippen LogP contribution in [0.25, 0.3) is 0 Å². The zero-order chi connectivity index (χ0) is 18.1. The molecule has 138 valence electrons. The molecular formula is C22H34O2Si. The summed E-state index contributed by atoms with van der Waals surface area (Å²) in [5.74, 6) is 2.62. The predicted molar refractivity (Wildman–Crippen MR) is 109 cm³/mol. The van der Waals surface area contributed by atoms with Crippen molar-refractivity contribution in [2.24, 2.45) is 5.92 Å². The SMILES string of the molecule is CC[Si](CC)(CC)OC1=C(C)CCC[C@@H]1/C=C/COc1ccccc1. The second-order valence-electron chi connectivity index (χ2n) is 7.04. The van der Waals surface area contributed by atoms with Crippen molar-refractivity contribution in [1.82, 2.24) is 0 Å². The predicted octanol–water partition coefficient (Wildman–Crippen LogP) is 6.72. The van der Waals surface area contributed by atoms with E-state index in [0.717, 1.165) is 5.75 Å². The fraction of sp³-hybridized carbons (Fsp3) is 0.545. The van der Waals surface area contributed by atoms with Gasteiger partial charge in [0.25, 0.3) is 0 Å². The van der Waals surface area contributed by atoms with Gasteiger partial charge in [-0.15, -0.1) is 0 Å². The first-order valence-electron chi connectivity index (χ1n) is 9.87. The van der Waals surface area contributed by atoms with Crippen LogP contribution < -0.4 is 4.74 Å². The number of rotatable bonds is 9. The van der Waals surface area contributed by atoms with Crippen LogP contribution in [0.3, 0.4) is 0 Å². The largest absolute Gasteiger partial charge is 0.546 e.